The second-order valence-corrected chi connectivity index (χ2v) is 6.42. The van der Waals surface area contributed by atoms with Crippen molar-refractivity contribution in [2.75, 3.05) is 26.2 Å². The Morgan fingerprint density at radius 3 is 2.19 bits per heavy atom. The molecule has 0 aliphatic carbocycles. The molecule has 2 amide bonds. The van der Waals surface area contributed by atoms with Crippen LogP contribution in [0.5, 0.6) is 0 Å². The zero-order valence-corrected chi connectivity index (χ0v) is 13.0. The summed E-state index contributed by atoms with van der Waals surface area (Å²) < 4.78 is 0. The van der Waals surface area contributed by atoms with E-state index in [1.165, 1.54) is 0 Å². The van der Waals surface area contributed by atoms with Crippen LogP contribution in [0.4, 0.5) is 0 Å². The van der Waals surface area contributed by atoms with Gasteiger partial charge in [0.2, 0.25) is 5.91 Å². The molecule has 1 saturated heterocycles. The summed E-state index contributed by atoms with van der Waals surface area (Å²) in [5.41, 5.74) is 0.283. The standard InChI is InChI=1S/C16H23N3O2/c1-16(2,3)15(21)19-10-4-9-18(11-12-19)14(20)13-5-7-17-8-6-13/h5-8H,4,9-12H2,1-3H3. The molecule has 0 aromatic carbocycles. The Hall–Kier alpha value is -1.91. The van der Waals surface area contributed by atoms with Crippen molar-refractivity contribution in [1.82, 2.24) is 14.8 Å². The number of hydrogen-bond acceptors (Lipinski definition) is 3. The number of amides is 2. The van der Waals surface area contributed by atoms with Crippen LogP contribution in [0.25, 0.3) is 0 Å². The number of pyridine rings is 1. The Morgan fingerprint density at radius 1 is 1.00 bits per heavy atom. The Labute approximate surface area is 126 Å². The fourth-order valence-corrected chi connectivity index (χ4v) is 2.48. The number of carbonyl (C=O) groups is 2. The van der Waals surface area contributed by atoms with Crippen molar-refractivity contribution in [2.24, 2.45) is 5.41 Å². The molecular weight excluding hydrogens is 266 g/mol. The molecule has 0 N–H and O–H groups in total. The summed E-state index contributed by atoms with van der Waals surface area (Å²) >= 11 is 0. The summed E-state index contributed by atoms with van der Waals surface area (Å²) in [7, 11) is 0. The number of nitrogens with zero attached hydrogens (tertiary/aromatic N) is 3. The Bertz CT molecular complexity index is 508. The number of carbonyl (C=O) groups excluding carboxylic acids is 2. The van der Waals surface area contributed by atoms with Crippen LogP contribution in [-0.2, 0) is 4.79 Å². The van der Waals surface area contributed by atoms with Gasteiger partial charge in [-0.15, -0.1) is 0 Å². The van der Waals surface area contributed by atoms with Crippen molar-refractivity contribution in [3.63, 3.8) is 0 Å². The molecule has 0 bridgehead atoms. The molecule has 1 fully saturated rings. The van der Waals surface area contributed by atoms with E-state index in [4.69, 9.17) is 0 Å². The van der Waals surface area contributed by atoms with Crippen LogP contribution in [0.15, 0.2) is 24.5 Å². The van der Waals surface area contributed by atoms with Crippen molar-refractivity contribution < 1.29 is 9.59 Å². The van der Waals surface area contributed by atoms with E-state index in [1.807, 2.05) is 30.6 Å². The lowest BCUT2D eigenvalue weighted by atomic mass is 9.94. The molecule has 1 aliphatic heterocycles. The smallest absolute Gasteiger partial charge is 0.254 e. The highest BCUT2D eigenvalue weighted by Gasteiger charge is 2.29. The minimum atomic E-state index is -0.371. The fourth-order valence-electron chi connectivity index (χ4n) is 2.48. The Balaban J connectivity index is 2.01. The predicted molar refractivity (Wildman–Crippen MR) is 80.8 cm³/mol. The molecule has 0 atom stereocenters. The summed E-state index contributed by atoms with van der Waals surface area (Å²) in [5.74, 6) is 0.170. The van der Waals surface area contributed by atoms with Gasteiger partial charge in [0.05, 0.1) is 0 Å². The van der Waals surface area contributed by atoms with Gasteiger partial charge in [-0.2, -0.15) is 0 Å². The maximum absolute atomic E-state index is 12.4. The molecule has 1 aromatic rings. The third-order valence-corrected chi connectivity index (χ3v) is 3.64. The number of hydrogen-bond donors (Lipinski definition) is 0. The zero-order valence-electron chi connectivity index (χ0n) is 13.0. The third-order valence-electron chi connectivity index (χ3n) is 3.64. The van der Waals surface area contributed by atoms with Crippen LogP contribution in [0.2, 0.25) is 0 Å². The maximum atomic E-state index is 12.4. The SMILES string of the molecule is CC(C)(C)C(=O)N1CCCN(C(=O)c2ccncc2)CC1. The highest BCUT2D eigenvalue weighted by Crippen LogP contribution is 2.19. The molecule has 5 nitrogen and oxygen atoms in total. The first-order valence-corrected chi connectivity index (χ1v) is 7.38. The largest absolute Gasteiger partial charge is 0.340 e. The van der Waals surface area contributed by atoms with E-state index in [-0.39, 0.29) is 17.2 Å². The normalized spacial score (nSPS) is 16.5. The first-order valence-electron chi connectivity index (χ1n) is 7.38. The Morgan fingerprint density at radius 2 is 1.57 bits per heavy atom. The topological polar surface area (TPSA) is 53.5 Å². The molecular formula is C16H23N3O2. The molecule has 0 unspecified atom stereocenters. The maximum Gasteiger partial charge on any atom is 0.254 e. The fraction of sp³-hybridized carbons (Fsp3) is 0.562. The van der Waals surface area contributed by atoms with Crippen LogP contribution in [0, 0.1) is 5.41 Å². The molecule has 0 radical (unpaired) electrons. The number of aromatic nitrogens is 1. The van der Waals surface area contributed by atoms with Crippen LogP contribution < -0.4 is 0 Å². The lowest BCUT2D eigenvalue weighted by Gasteiger charge is -2.28. The third kappa shape index (κ3) is 3.80. The van der Waals surface area contributed by atoms with Crippen LogP contribution in [0.1, 0.15) is 37.6 Å². The van der Waals surface area contributed by atoms with Crippen LogP contribution >= 0.6 is 0 Å². The van der Waals surface area contributed by atoms with E-state index < -0.39 is 0 Å². The minimum Gasteiger partial charge on any atom is -0.340 e. The van der Waals surface area contributed by atoms with Gasteiger partial charge >= 0.3 is 0 Å². The second kappa shape index (κ2) is 6.24. The second-order valence-electron chi connectivity index (χ2n) is 6.42. The average molecular weight is 289 g/mol. The van der Waals surface area contributed by atoms with Crippen LogP contribution in [0.3, 0.4) is 0 Å². The van der Waals surface area contributed by atoms with Crippen molar-refractivity contribution in [3.8, 4) is 0 Å². The van der Waals surface area contributed by atoms with E-state index in [0.29, 0.717) is 25.2 Å². The molecule has 1 aliphatic rings. The van der Waals surface area contributed by atoms with Gasteiger partial charge in [0.1, 0.15) is 0 Å². The Kier molecular flexibility index (Phi) is 4.60. The molecule has 0 spiro atoms. The highest BCUT2D eigenvalue weighted by atomic mass is 16.2. The molecule has 21 heavy (non-hydrogen) atoms. The van der Waals surface area contributed by atoms with Gasteiger partial charge in [0, 0.05) is 49.6 Å². The van der Waals surface area contributed by atoms with E-state index in [1.54, 1.807) is 24.5 Å². The zero-order chi connectivity index (χ0) is 15.5. The van der Waals surface area contributed by atoms with Crippen molar-refractivity contribution in [1.29, 1.82) is 0 Å². The number of rotatable bonds is 1. The van der Waals surface area contributed by atoms with E-state index in [9.17, 15) is 9.59 Å². The molecule has 2 rings (SSSR count). The van der Waals surface area contributed by atoms with Crippen molar-refractivity contribution >= 4 is 11.8 Å². The summed E-state index contributed by atoms with van der Waals surface area (Å²) in [6.07, 6.45) is 4.07. The summed E-state index contributed by atoms with van der Waals surface area (Å²) in [6.45, 7) is 8.39. The molecule has 2 heterocycles. The van der Waals surface area contributed by atoms with Gasteiger partial charge in [0.15, 0.2) is 0 Å². The summed E-state index contributed by atoms with van der Waals surface area (Å²) in [5, 5.41) is 0. The lowest BCUT2D eigenvalue weighted by Crippen LogP contribution is -2.42. The molecule has 5 heteroatoms. The van der Waals surface area contributed by atoms with Gasteiger partial charge in [-0.1, -0.05) is 20.8 Å². The highest BCUT2D eigenvalue weighted by molar-refractivity contribution is 5.94. The monoisotopic (exact) mass is 289 g/mol. The van der Waals surface area contributed by atoms with E-state index in [2.05, 4.69) is 4.98 Å². The quantitative estimate of drug-likeness (QED) is 0.792. The van der Waals surface area contributed by atoms with Crippen molar-refractivity contribution in [3.05, 3.63) is 30.1 Å². The lowest BCUT2D eigenvalue weighted by molar-refractivity contribution is -0.139. The van der Waals surface area contributed by atoms with Gasteiger partial charge in [-0.3, -0.25) is 14.6 Å². The van der Waals surface area contributed by atoms with Crippen molar-refractivity contribution in [2.45, 2.75) is 27.2 Å². The first-order chi connectivity index (χ1) is 9.89. The van der Waals surface area contributed by atoms with Gasteiger partial charge in [-0.05, 0) is 18.6 Å². The molecule has 114 valence electrons. The average Bonchev–Trinajstić information content (AvgIpc) is 2.71. The van der Waals surface area contributed by atoms with E-state index >= 15 is 0 Å². The van der Waals surface area contributed by atoms with Gasteiger partial charge in [-0.25, -0.2) is 0 Å². The van der Waals surface area contributed by atoms with Gasteiger partial charge in [0.25, 0.3) is 5.91 Å². The predicted octanol–water partition coefficient (Wildman–Crippen LogP) is 1.80. The van der Waals surface area contributed by atoms with Gasteiger partial charge < -0.3 is 9.80 Å². The minimum absolute atomic E-state index is 0.0162. The molecule has 0 saturated carbocycles. The summed E-state index contributed by atoms with van der Waals surface area (Å²) in [4.78, 5) is 32.4. The molecule has 1 aromatic heterocycles. The first kappa shape index (κ1) is 15.5. The van der Waals surface area contributed by atoms with Crippen LogP contribution in [-0.4, -0.2) is 52.8 Å². The summed E-state index contributed by atoms with van der Waals surface area (Å²) in [6, 6.07) is 3.45. The van der Waals surface area contributed by atoms with E-state index in [0.717, 1.165) is 13.0 Å².